The van der Waals surface area contributed by atoms with Crippen LogP contribution in [0.1, 0.15) is 63.4 Å². The molecule has 1 aliphatic heterocycles. The molecule has 0 atom stereocenters. The van der Waals surface area contributed by atoms with Gasteiger partial charge in [0.25, 0.3) is 0 Å². The minimum atomic E-state index is -0.147. The van der Waals surface area contributed by atoms with Crippen LogP contribution >= 0.6 is 0 Å². The molecule has 2 aliphatic rings. The molecule has 1 amide bonds. The molecule has 2 N–H and O–H groups in total. The van der Waals surface area contributed by atoms with Crippen LogP contribution in [0, 0.1) is 5.92 Å². The van der Waals surface area contributed by atoms with Crippen molar-refractivity contribution in [3.8, 4) is 0 Å². The highest BCUT2D eigenvalue weighted by Gasteiger charge is 2.18. The number of amides is 1. The van der Waals surface area contributed by atoms with Crippen molar-refractivity contribution >= 4 is 11.6 Å². The van der Waals surface area contributed by atoms with E-state index in [1.807, 2.05) is 18.2 Å². The van der Waals surface area contributed by atoms with E-state index in [1.165, 1.54) is 37.7 Å². The lowest BCUT2D eigenvalue weighted by molar-refractivity contribution is -0.116. The van der Waals surface area contributed by atoms with Crippen molar-refractivity contribution < 1.29 is 9.90 Å². The van der Waals surface area contributed by atoms with Crippen molar-refractivity contribution in [2.45, 2.75) is 70.4 Å². The van der Waals surface area contributed by atoms with Gasteiger partial charge in [-0.25, -0.2) is 0 Å². The number of carbonyl (C=O) groups excluding carboxylic acids is 1. The van der Waals surface area contributed by atoms with Crippen molar-refractivity contribution in [2.24, 2.45) is 5.92 Å². The van der Waals surface area contributed by atoms with E-state index >= 15 is 0 Å². The number of nitrogens with one attached hydrogen (secondary N) is 1. The predicted octanol–water partition coefficient (Wildman–Crippen LogP) is 3.94. The van der Waals surface area contributed by atoms with Crippen LogP contribution in [0.25, 0.3) is 0 Å². The Bertz CT molecular complexity index is 547. The Hall–Kier alpha value is -1.39. The second-order valence-electron chi connectivity index (χ2n) is 7.76. The average Bonchev–Trinajstić information content (AvgIpc) is 3.12. The molecule has 0 spiro atoms. The third-order valence-electron chi connectivity index (χ3n) is 5.73. The second-order valence-corrected chi connectivity index (χ2v) is 7.76. The molecule has 1 saturated carbocycles. The lowest BCUT2D eigenvalue weighted by Crippen LogP contribution is -2.35. The maximum atomic E-state index is 12.3. The number of rotatable bonds is 7. The van der Waals surface area contributed by atoms with Crippen LogP contribution in [0.5, 0.6) is 0 Å². The van der Waals surface area contributed by atoms with E-state index in [9.17, 15) is 9.90 Å². The first-order chi connectivity index (χ1) is 12.2. The summed E-state index contributed by atoms with van der Waals surface area (Å²) in [4.78, 5) is 14.7. The average molecular weight is 344 g/mol. The number of carbonyl (C=O) groups is 1. The van der Waals surface area contributed by atoms with Gasteiger partial charge in [-0.15, -0.1) is 0 Å². The molecule has 1 aromatic rings. The van der Waals surface area contributed by atoms with Gasteiger partial charge in [0, 0.05) is 31.7 Å². The van der Waals surface area contributed by atoms with Crippen LogP contribution in [0.4, 0.5) is 5.69 Å². The minimum absolute atomic E-state index is 0.138. The molecular weight excluding hydrogens is 312 g/mol. The highest BCUT2D eigenvalue weighted by atomic mass is 16.3. The van der Waals surface area contributed by atoms with Gasteiger partial charge in [0.15, 0.2) is 0 Å². The molecule has 2 fully saturated rings. The molecule has 3 rings (SSSR count). The summed E-state index contributed by atoms with van der Waals surface area (Å²) in [5, 5.41) is 12.8. The Labute approximate surface area is 151 Å². The van der Waals surface area contributed by atoms with Crippen molar-refractivity contribution in [2.75, 3.05) is 18.4 Å². The summed E-state index contributed by atoms with van der Waals surface area (Å²) in [6, 6.07) is 8.11. The van der Waals surface area contributed by atoms with Gasteiger partial charge in [-0.3, -0.25) is 9.69 Å². The molecule has 0 bridgehead atoms. The number of piperidine rings is 1. The highest BCUT2D eigenvalue weighted by molar-refractivity contribution is 5.91. The summed E-state index contributed by atoms with van der Waals surface area (Å²) < 4.78 is 0. The van der Waals surface area contributed by atoms with E-state index in [1.54, 1.807) is 0 Å². The maximum Gasteiger partial charge on any atom is 0.224 e. The third kappa shape index (κ3) is 5.82. The number of nitrogens with zero attached hydrogens (tertiary/aromatic N) is 1. The quantitative estimate of drug-likeness (QED) is 0.788. The summed E-state index contributed by atoms with van der Waals surface area (Å²) in [7, 11) is 0. The first-order valence-electron chi connectivity index (χ1n) is 9.99. The van der Waals surface area contributed by atoms with Crippen molar-refractivity contribution in [3.05, 3.63) is 29.8 Å². The molecule has 1 saturated heterocycles. The Kier molecular flexibility index (Phi) is 6.88. The fraction of sp³-hybridized carbons (Fsp3) is 0.667. The van der Waals surface area contributed by atoms with Gasteiger partial charge in [0.2, 0.25) is 5.91 Å². The number of aliphatic hydroxyl groups excluding tert-OH is 1. The zero-order valence-corrected chi connectivity index (χ0v) is 15.3. The lowest BCUT2D eigenvalue weighted by Gasteiger charge is -2.30. The molecule has 0 aromatic heterocycles. The molecule has 25 heavy (non-hydrogen) atoms. The van der Waals surface area contributed by atoms with E-state index in [4.69, 9.17) is 0 Å². The first-order valence-corrected chi connectivity index (χ1v) is 9.99. The highest BCUT2D eigenvalue weighted by Crippen LogP contribution is 2.29. The molecule has 1 aromatic carbocycles. The molecule has 4 heteroatoms. The summed E-state index contributed by atoms with van der Waals surface area (Å²) in [5.74, 6) is 0.994. The van der Waals surface area contributed by atoms with Crippen LogP contribution in [0.2, 0.25) is 0 Å². The van der Waals surface area contributed by atoms with Crippen LogP contribution < -0.4 is 5.32 Å². The molecule has 1 heterocycles. The van der Waals surface area contributed by atoms with Gasteiger partial charge < -0.3 is 10.4 Å². The van der Waals surface area contributed by atoms with Crippen LogP contribution in [-0.2, 0) is 11.3 Å². The van der Waals surface area contributed by atoms with Crippen LogP contribution in [-0.4, -0.2) is 35.1 Å². The zero-order valence-electron chi connectivity index (χ0n) is 15.3. The number of hydrogen-bond acceptors (Lipinski definition) is 3. The number of likely N-dealkylation sites (tertiary alicyclic amines) is 1. The van der Waals surface area contributed by atoms with E-state index in [0.29, 0.717) is 6.42 Å². The smallest absolute Gasteiger partial charge is 0.224 e. The second kappa shape index (κ2) is 9.35. The van der Waals surface area contributed by atoms with Crippen molar-refractivity contribution in [1.82, 2.24) is 4.90 Å². The van der Waals surface area contributed by atoms with Gasteiger partial charge in [0.1, 0.15) is 0 Å². The Morgan fingerprint density at radius 3 is 2.60 bits per heavy atom. The van der Waals surface area contributed by atoms with Crippen LogP contribution in [0.15, 0.2) is 24.3 Å². The molecule has 138 valence electrons. The van der Waals surface area contributed by atoms with Gasteiger partial charge in [0.05, 0.1) is 6.10 Å². The lowest BCUT2D eigenvalue weighted by atomic mass is 10.0. The molecule has 0 unspecified atom stereocenters. The standard InChI is InChI=1S/C21H32N2O2/c24-19-12-14-23(15-13-19)16-18-9-3-4-10-20(18)22-21(25)11-5-8-17-6-1-2-7-17/h3-4,9-10,17,19,24H,1-2,5-8,11-16H2,(H,22,25). The zero-order chi connectivity index (χ0) is 17.5. The van der Waals surface area contributed by atoms with Gasteiger partial charge in [-0.05, 0) is 43.2 Å². The van der Waals surface area contributed by atoms with E-state index in [0.717, 1.165) is 50.5 Å². The van der Waals surface area contributed by atoms with Gasteiger partial charge in [-0.2, -0.15) is 0 Å². The monoisotopic (exact) mass is 344 g/mol. The maximum absolute atomic E-state index is 12.3. The normalized spacial score (nSPS) is 20.0. The number of para-hydroxylation sites is 1. The fourth-order valence-corrected chi connectivity index (χ4v) is 4.16. The molecule has 0 radical (unpaired) electrons. The first kappa shape index (κ1) is 18.4. The predicted molar refractivity (Wildman–Crippen MR) is 101 cm³/mol. The topological polar surface area (TPSA) is 52.6 Å². The van der Waals surface area contributed by atoms with Gasteiger partial charge >= 0.3 is 0 Å². The van der Waals surface area contributed by atoms with E-state index in [-0.39, 0.29) is 12.0 Å². The Morgan fingerprint density at radius 2 is 1.84 bits per heavy atom. The molecule has 4 nitrogen and oxygen atoms in total. The van der Waals surface area contributed by atoms with Gasteiger partial charge in [-0.1, -0.05) is 43.9 Å². The summed E-state index contributed by atoms with van der Waals surface area (Å²) in [6.07, 6.45) is 9.82. The van der Waals surface area contributed by atoms with E-state index < -0.39 is 0 Å². The SMILES string of the molecule is O=C(CCCC1CCCC1)Nc1ccccc1CN1CCC(O)CC1. The Morgan fingerprint density at radius 1 is 1.12 bits per heavy atom. The number of anilines is 1. The number of benzene rings is 1. The largest absolute Gasteiger partial charge is 0.393 e. The minimum Gasteiger partial charge on any atom is -0.393 e. The summed E-state index contributed by atoms with van der Waals surface area (Å²) in [5.41, 5.74) is 2.11. The molecular formula is C21H32N2O2. The van der Waals surface area contributed by atoms with Crippen LogP contribution in [0.3, 0.4) is 0 Å². The number of hydrogen-bond donors (Lipinski definition) is 2. The number of aliphatic hydroxyl groups is 1. The van der Waals surface area contributed by atoms with E-state index in [2.05, 4.69) is 16.3 Å². The molecule has 1 aliphatic carbocycles. The van der Waals surface area contributed by atoms with Crippen molar-refractivity contribution in [1.29, 1.82) is 0 Å². The fourth-order valence-electron chi connectivity index (χ4n) is 4.16. The summed E-state index contributed by atoms with van der Waals surface area (Å²) in [6.45, 7) is 2.68. The summed E-state index contributed by atoms with van der Waals surface area (Å²) >= 11 is 0. The van der Waals surface area contributed by atoms with Crippen molar-refractivity contribution in [3.63, 3.8) is 0 Å². The third-order valence-corrected chi connectivity index (χ3v) is 5.73. The Balaban J connectivity index is 1.47.